The number of halogens is 1. The third-order valence-corrected chi connectivity index (χ3v) is 6.81. The van der Waals surface area contributed by atoms with Crippen molar-refractivity contribution in [3.05, 3.63) is 99.6 Å². The fraction of sp³-hybridized carbons (Fsp3) is 0.167. The second-order valence-electron chi connectivity index (χ2n) is 7.34. The van der Waals surface area contributed by atoms with Gasteiger partial charge in [-0.3, -0.25) is 4.31 Å². The molecule has 0 heterocycles. The Morgan fingerprint density at radius 2 is 1.62 bits per heavy atom. The zero-order valence-electron chi connectivity index (χ0n) is 16.4. The number of fused-ring (bicyclic) bond motifs is 2. The zero-order valence-corrected chi connectivity index (χ0v) is 18.0. The number of benzene rings is 3. The number of aryl methyl sites for hydroxylation is 2. The first kappa shape index (κ1) is 19.7. The van der Waals surface area contributed by atoms with Crippen LogP contribution in [0.4, 0.5) is 5.69 Å². The summed E-state index contributed by atoms with van der Waals surface area (Å²) in [6, 6.07) is 22.1. The van der Waals surface area contributed by atoms with Crippen LogP contribution in [0.15, 0.2) is 66.7 Å². The molecule has 0 unspecified atom stereocenters. The summed E-state index contributed by atoms with van der Waals surface area (Å²) in [7, 11) is -1.75. The average molecular weight is 424 g/mol. The molecule has 0 aliphatic heterocycles. The van der Waals surface area contributed by atoms with Crippen LogP contribution in [0.3, 0.4) is 0 Å². The minimum absolute atomic E-state index is 0.639. The fourth-order valence-electron chi connectivity index (χ4n) is 3.77. The molecular weight excluding hydrogens is 402 g/mol. The summed E-state index contributed by atoms with van der Waals surface area (Å²) in [5.74, 6) is 0. The van der Waals surface area contributed by atoms with Gasteiger partial charge < -0.3 is 0 Å². The van der Waals surface area contributed by atoms with Gasteiger partial charge in [-0.15, -0.1) is 0 Å². The third kappa shape index (κ3) is 4.09. The van der Waals surface area contributed by atoms with Crippen molar-refractivity contribution in [2.24, 2.45) is 0 Å². The molecule has 148 valence electrons. The summed E-state index contributed by atoms with van der Waals surface area (Å²) in [6.45, 7) is 0. The van der Waals surface area contributed by atoms with Crippen molar-refractivity contribution in [2.45, 2.75) is 12.8 Å². The van der Waals surface area contributed by atoms with E-state index in [4.69, 9.17) is 11.6 Å². The maximum absolute atomic E-state index is 11.9. The van der Waals surface area contributed by atoms with E-state index >= 15 is 0 Å². The Kier molecular flexibility index (Phi) is 5.24. The van der Waals surface area contributed by atoms with Crippen LogP contribution in [-0.4, -0.2) is 21.7 Å². The molecule has 0 aromatic heterocycles. The van der Waals surface area contributed by atoms with Gasteiger partial charge in [0.1, 0.15) is 0 Å². The Bertz CT molecular complexity index is 1220. The SMILES string of the molecule is CN(c1cccc(C=C2c3ccccc3CCc3cc(Cl)ccc32)c1)S(C)(=O)=O. The van der Waals surface area contributed by atoms with Crippen molar-refractivity contribution < 1.29 is 8.42 Å². The molecule has 0 bridgehead atoms. The van der Waals surface area contributed by atoms with Gasteiger partial charge in [0, 0.05) is 12.1 Å². The molecule has 0 atom stereocenters. The van der Waals surface area contributed by atoms with E-state index in [0.29, 0.717) is 5.69 Å². The molecule has 3 nitrogen and oxygen atoms in total. The van der Waals surface area contributed by atoms with E-state index in [1.807, 2.05) is 30.3 Å². The minimum atomic E-state index is -3.32. The van der Waals surface area contributed by atoms with Crippen LogP contribution in [0.25, 0.3) is 11.6 Å². The van der Waals surface area contributed by atoms with Gasteiger partial charge >= 0.3 is 0 Å². The lowest BCUT2D eigenvalue weighted by Crippen LogP contribution is -2.24. The predicted molar refractivity (Wildman–Crippen MR) is 122 cm³/mol. The van der Waals surface area contributed by atoms with Crippen LogP contribution in [0.2, 0.25) is 5.02 Å². The fourth-order valence-corrected chi connectivity index (χ4v) is 4.46. The van der Waals surface area contributed by atoms with Gasteiger partial charge in [0.25, 0.3) is 0 Å². The van der Waals surface area contributed by atoms with Crippen molar-refractivity contribution in [1.82, 2.24) is 0 Å². The molecule has 4 rings (SSSR count). The van der Waals surface area contributed by atoms with Crippen LogP contribution in [0.1, 0.15) is 27.8 Å². The van der Waals surface area contributed by atoms with Crippen LogP contribution >= 0.6 is 11.6 Å². The highest BCUT2D eigenvalue weighted by Crippen LogP contribution is 2.36. The number of anilines is 1. The highest BCUT2D eigenvalue weighted by atomic mass is 35.5. The van der Waals surface area contributed by atoms with Crippen molar-refractivity contribution in [2.75, 3.05) is 17.6 Å². The molecule has 29 heavy (non-hydrogen) atoms. The monoisotopic (exact) mass is 423 g/mol. The van der Waals surface area contributed by atoms with E-state index in [0.717, 1.165) is 29.0 Å². The predicted octanol–water partition coefficient (Wildman–Crippen LogP) is 5.42. The van der Waals surface area contributed by atoms with Crippen LogP contribution in [-0.2, 0) is 22.9 Å². The summed E-state index contributed by atoms with van der Waals surface area (Å²) < 4.78 is 25.2. The molecule has 0 amide bonds. The molecule has 0 saturated carbocycles. The third-order valence-electron chi connectivity index (χ3n) is 5.37. The normalized spacial score (nSPS) is 14.8. The second kappa shape index (κ2) is 7.69. The van der Waals surface area contributed by atoms with Gasteiger partial charge in [-0.1, -0.05) is 54.1 Å². The molecule has 0 spiro atoms. The molecule has 3 aromatic carbocycles. The van der Waals surface area contributed by atoms with Crippen molar-refractivity contribution in [3.63, 3.8) is 0 Å². The summed E-state index contributed by atoms with van der Waals surface area (Å²) >= 11 is 6.27. The minimum Gasteiger partial charge on any atom is -0.274 e. The van der Waals surface area contributed by atoms with E-state index in [1.54, 1.807) is 13.1 Å². The molecular formula is C24H22ClNO2S. The summed E-state index contributed by atoms with van der Waals surface area (Å²) in [5.41, 5.74) is 7.62. The first-order valence-corrected chi connectivity index (χ1v) is 11.7. The Balaban J connectivity index is 1.89. The molecule has 1 aliphatic carbocycles. The van der Waals surface area contributed by atoms with E-state index < -0.39 is 10.0 Å². The standard InChI is InChI=1S/C24H22ClNO2S/c1-26(29(2,27)28)21-8-5-6-17(14-21)15-24-22-9-4-3-7-18(22)10-11-19-16-20(25)12-13-23(19)24/h3-9,12-16H,10-11H2,1-2H3. The van der Waals surface area contributed by atoms with Crippen molar-refractivity contribution in [1.29, 1.82) is 0 Å². The number of rotatable bonds is 3. The van der Waals surface area contributed by atoms with E-state index in [9.17, 15) is 8.42 Å². The molecule has 0 saturated heterocycles. The van der Waals surface area contributed by atoms with Crippen molar-refractivity contribution >= 4 is 39.0 Å². The quantitative estimate of drug-likeness (QED) is 0.563. The van der Waals surface area contributed by atoms with E-state index in [2.05, 4.69) is 36.4 Å². The molecule has 1 aliphatic rings. The molecule has 0 N–H and O–H groups in total. The lowest BCUT2D eigenvalue weighted by Gasteiger charge is -2.17. The Morgan fingerprint density at radius 1 is 0.897 bits per heavy atom. The van der Waals surface area contributed by atoms with E-state index in [1.165, 1.54) is 32.8 Å². The lowest BCUT2D eigenvalue weighted by atomic mass is 9.92. The van der Waals surface area contributed by atoms with Crippen LogP contribution in [0, 0.1) is 0 Å². The molecule has 0 fully saturated rings. The summed E-state index contributed by atoms with van der Waals surface area (Å²) in [6.07, 6.45) is 5.23. The summed E-state index contributed by atoms with van der Waals surface area (Å²) in [4.78, 5) is 0. The first-order chi connectivity index (χ1) is 13.8. The zero-order chi connectivity index (χ0) is 20.6. The van der Waals surface area contributed by atoms with Crippen LogP contribution in [0.5, 0.6) is 0 Å². The highest BCUT2D eigenvalue weighted by molar-refractivity contribution is 7.92. The molecule has 5 heteroatoms. The van der Waals surface area contributed by atoms with Gasteiger partial charge in [0.05, 0.1) is 11.9 Å². The number of hydrogen-bond donors (Lipinski definition) is 0. The average Bonchev–Trinajstić information content (AvgIpc) is 2.84. The topological polar surface area (TPSA) is 37.4 Å². The van der Waals surface area contributed by atoms with Gasteiger partial charge in [0.2, 0.25) is 10.0 Å². The maximum atomic E-state index is 11.9. The number of hydrogen-bond acceptors (Lipinski definition) is 2. The smallest absolute Gasteiger partial charge is 0.231 e. The largest absolute Gasteiger partial charge is 0.274 e. The lowest BCUT2D eigenvalue weighted by molar-refractivity contribution is 0.600. The van der Waals surface area contributed by atoms with Crippen molar-refractivity contribution in [3.8, 4) is 0 Å². The van der Waals surface area contributed by atoms with Gasteiger partial charge in [-0.05, 0) is 76.6 Å². The Labute approximate surface area is 177 Å². The summed E-state index contributed by atoms with van der Waals surface area (Å²) in [5, 5.41) is 0.742. The van der Waals surface area contributed by atoms with Crippen LogP contribution < -0.4 is 4.31 Å². The van der Waals surface area contributed by atoms with Gasteiger partial charge in [0.15, 0.2) is 0 Å². The van der Waals surface area contributed by atoms with E-state index in [-0.39, 0.29) is 0 Å². The highest BCUT2D eigenvalue weighted by Gasteiger charge is 2.18. The number of sulfonamides is 1. The molecule has 3 aromatic rings. The number of nitrogens with zero attached hydrogens (tertiary/aromatic N) is 1. The van der Waals surface area contributed by atoms with Gasteiger partial charge in [-0.25, -0.2) is 8.42 Å². The Hall–Kier alpha value is -2.56. The van der Waals surface area contributed by atoms with Gasteiger partial charge in [-0.2, -0.15) is 0 Å². The second-order valence-corrected chi connectivity index (χ2v) is 9.79. The maximum Gasteiger partial charge on any atom is 0.231 e. The first-order valence-electron chi connectivity index (χ1n) is 9.46. The Morgan fingerprint density at radius 3 is 2.41 bits per heavy atom. The molecule has 0 radical (unpaired) electrons.